The zero-order chi connectivity index (χ0) is 15.9. The number of hydrogen-bond acceptors (Lipinski definition) is 2. The summed E-state index contributed by atoms with van der Waals surface area (Å²) in [6, 6.07) is 13.0. The summed E-state index contributed by atoms with van der Waals surface area (Å²) in [5.74, 6) is -0.344. The van der Waals surface area contributed by atoms with Crippen molar-refractivity contribution >= 4 is 40.8 Å². The second-order valence-electron chi connectivity index (χ2n) is 4.44. The van der Waals surface area contributed by atoms with Crippen molar-refractivity contribution in [2.24, 2.45) is 0 Å². The molecule has 0 aliphatic rings. The average Bonchev–Trinajstić information content (AvgIpc) is 2.48. The minimum Gasteiger partial charge on any atom is -0.307 e. The van der Waals surface area contributed by atoms with Gasteiger partial charge in [-0.2, -0.15) is 0 Å². The SMILES string of the molecule is O=C(Cc1ccc(Cl)cc1)NNC(=O)Nc1cccc(Cl)c1. The van der Waals surface area contributed by atoms with E-state index in [0.29, 0.717) is 15.7 Å². The maximum atomic E-state index is 11.7. The van der Waals surface area contributed by atoms with Crippen LogP contribution in [0, 0.1) is 0 Å². The average molecular weight is 338 g/mol. The Morgan fingerprint density at radius 3 is 2.32 bits per heavy atom. The number of nitrogens with one attached hydrogen (secondary N) is 3. The minimum absolute atomic E-state index is 0.134. The third kappa shape index (κ3) is 5.27. The molecule has 5 nitrogen and oxygen atoms in total. The van der Waals surface area contributed by atoms with Crippen molar-refractivity contribution in [1.82, 2.24) is 10.9 Å². The lowest BCUT2D eigenvalue weighted by atomic mass is 10.1. The number of rotatable bonds is 3. The molecule has 0 saturated carbocycles. The van der Waals surface area contributed by atoms with Gasteiger partial charge in [0.25, 0.3) is 0 Å². The minimum atomic E-state index is -0.563. The van der Waals surface area contributed by atoms with Crippen molar-refractivity contribution in [3.05, 3.63) is 64.1 Å². The molecule has 0 radical (unpaired) electrons. The number of hydrogen-bond donors (Lipinski definition) is 3. The number of benzene rings is 2. The molecule has 114 valence electrons. The second-order valence-corrected chi connectivity index (χ2v) is 5.31. The van der Waals surface area contributed by atoms with Gasteiger partial charge in [0.15, 0.2) is 0 Å². The van der Waals surface area contributed by atoms with Crippen molar-refractivity contribution in [3.8, 4) is 0 Å². The Labute approximate surface area is 137 Å². The quantitative estimate of drug-likeness (QED) is 0.751. The highest BCUT2D eigenvalue weighted by Gasteiger charge is 2.06. The van der Waals surface area contributed by atoms with Crippen molar-refractivity contribution in [2.75, 3.05) is 5.32 Å². The summed E-state index contributed by atoms with van der Waals surface area (Å²) in [5, 5.41) is 3.65. The van der Waals surface area contributed by atoms with Crippen LogP contribution >= 0.6 is 23.2 Å². The summed E-state index contributed by atoms with van der Waals surface area (Å²) >= 11 is 11.6. The number of hydrazine groups is 1. The Hall–Kier alpha value is -2.24. The van der Waals surface area contributed by atoms with E-state index >= 15 is 0 Å². The molecule has 0 aromatic heterocycles. The molecular formula is C15H13Cl2N3O2. The largest absolute Gasteiger partial charge is 0.337 e. The fourth-order valence-corrected chi connectivity index (χ4v) is 2.00. The maximum Gasteiger partial charge on any atom is 0.337 e. The summed E-state index contributed by atoms with van der Waals surface area (Å²) in [6.07, 6.45) is 0.134. The molecule has 0 aliphatic carbocycles. The van der Waals surface area contributed by atoms with Gasteiger partial charge in [0.1, 0.15) is 0 Å². The van der Waals surface area contributed by atoms with Gasteiger partial charge in [-0.3, -0.25) is 10.2 Å². The smallest absolute Gasteiger partial charge is 0.307 e. The summed E-state index contributed by atoms with van der Waals surface area (Å²) in [4.78, 5) is 23.3. The Bertz CT molecular complexity index is 675. The molecule has 0 aliphatic heterocycles. The predicted molar refractivity (Wildman–Crippen MR) is 86.9 cm³/mol. The van der Waals surface area contributed by atoms with Gasteiger partial charge in [-0.15, -0.1) is 0 Å². The molecule has 0 fully saturated rings. The molecule has 3 amide bonds. The summed E-state index contributed by atoms with van der Waals surface area (Å²) in [5.41, 5.74) is 5.89. The van der Waals surface area contributed by atoms with Gasteiger partial charge >= 0.3 is 6.03 Å². The summed E-state index contributed by atoms with van der Waals surface area (Å²) < 4.78 is 0. The standard InChI is InChI=1S/C15H13Cl2N3O2/c16-11-6-4-10(5-7-11)8-14(21)19-20-15(22)18-13-3-1-2-12(17)9-13/h1-7,9H,8H2,(H,19,21)(H2,18,20,22). The highest BCUT2D eigenvalue weighted by atomic mass is 35.5. The summed E-state index contributed by atoms with van der Waals surface area (Å²) in [6.45, 7) is 0. The van der Waals surface area contributed by atoms with Crippen LogP contribution < -0.4 is 16.2 Å². The van der Waals surface area contributed by atoms with Crippen LogP contribution in [0.2, 0.25) is 10.0 Å². The zero-order valence-electron chi connectivity index (χ0n) is 11.4. The molecule has 2 rings (SSSR count). The zero-order valence-corrected chi connectivity index (χ0v) is 12.9. The first kappa shape index (κ1) is 16.1. The number of carbonyl (C=O) groups is 2. The fourth-order valence-electron chi connectivity index (χ4n) is 1.69. The van der Waals surface area contributed by atoms with Gasteiger partial charge in [0, 0.05) is 15.7 Å². The van der Waals surface area contributed by atoms with Crippen LogP contribution in [0.15, 0.2) is 48.5 Å². The molecule has 2 aromatic rings. The van der Waals surface area contributed by atoms with Crippen LogP contribution in [0.4, 0.5) is 10.5 Å². The molecule has 0 heterocycles. The molecule has 7 heteroatoms. The van der Waals surface area contributed by atoms with E-state index in [0.717, 1.165) is 5.56 Å². The highest BCUT2D eigenvalue weighted by Crippen LogP contribution is 2.14. The molecule has 0 unspecified atom stereocenters. The third-order valence-corrected chi connectivity index (χ3v) is 3.16. The van der Waals surface area contributed by atoms with Gasteiger partial charge in [-0.1, -0.05) is 41.4 Å². The fraction of sp³-hybridized carbons (Fsp3) is 0.0667. The van der Waals surface area contributed by atoms with E-state index in [1.807, 2.05) is 0 Å². The van der Waals surface area contributed by atoms with Gasteiger partial charge in [-0.25, -0.2) is 10.2 Å². The second kappa shape index (κ2) is 7.68. The number of urea groups is 1. The number of anilines is 1. The van der Waals surface area contributed by atoms with E-state index in [1.165, 1.54) is 0 Å². The third-order valence-electron chi connectivity index (χ3n) is 2.68. The Balaban J connectivity index is 1.78. The van der Waals surface area contributed by atoms with E-state index in [4.69, 9.17) is 23.2 Å². The van der Waals surface area contributed by atoms with Crippen LogP contribution in [0.3, 0.4) is 0 Å². The van der Waals surface area contributed by atoms with E-state index < -0.39 is 6.03 Å². The van der Waals surface area contributed by atoms with Crippen LogP contribution in [0.5, 0.6) is 0 Å². The van der Waals surface area contributed by atoms with Gasteiger partial charge < -0.3 is 5.32 Å². The Morgan fingerprint density at radius 2 is 1.64 bits per heavy atom. The monoisotopic (exact) mass is 337 g/mol. The van der Waals surface area contributed by atoms with Crippen molar-refractivity contribution in [3.63, 3.8) is 0 Å². The van der Waals surface area contributed by atoms with E-state index in [1.54, 1.807) is 48.5 Å². The molecule has 0 atom stereocenters. The van der Waals surface area contributed by atoms with Crippen LogP contribution in [-0.4, -0.2) is 11.9 Å². The van der Waals surface area contributed by atoms with Crippen molar-refractivity contribution < 1.29 is 9.59 Å². The van der Waals surface area contributed by atoms with Crippen molar-refractivity contribution in [2.45, 2.75) is 6.42 Å². The number of carbonyl (C=O) groups excluding carboxylic acids is 2. The molecule has 2 aromatic carbocycles. The van der Waals surface area contributed by atoms with Gasteiger partial charge in [0.2, 0.25) is 5.91 Å². The highest BCUT2D eigenvalue weighted by molar-refractivity contribution is 6.31. The topological polar surface area (TPSA) is 70.2 Å². The lowest BCUT2D eigenvalue weighted by molar-refractivity contribution is -0.121. The van der Waals surface area contributed by atoms with E-state index in [9.17, 15) is 9.59 Å². The van der Waals surface area contributed by atoms with Gasteiger partial charge in [-0.05, 0) is 35.9 Å². The first-order valence-corrected chi connectivity index (χ1v) is 7.14. The van der Waals surface area contributed by atoms with E-state index in [-0.39, 0.29) is 12.3 Å². The molecule has 0 saturated heterocycles. The molecular weight excluding hydrogens is 325 g/mol. The van der Waals surface area contributed by atoms with Crippen molar-refractivity contribution in [1.29, 1.82) is 0 Å². The molecule has 22 heavy (non-hydrogen) atoms. The van der Waals surface area contributed by atoms with Crippen LogP contribution in [0.25, 0.3) is 0 Å². The lowest BCUT2D eigenvalue weighted by Crippen LogP contribution is -2.44. The predicted octanol–water partition coefficient (Wildman–Crippen LogP) is 3.39. The number of halogens is 2. The maximum absolute atomic E-state index is 11.7. The van der Waals surface area contributed by atoms with Crippen LogP contribution in [0.1, 0.15) is 5.56 Å². The number of amides is 3. The van der Waals surface area contributed by atoms with Gasteiger partial charge in [0.05, 0.1) is 6.42 Å². The first-order chi connectivity index (χ1) is 10.5. The van der Waals surface area contributed by atoms with E-state index in [2.05, 4.69) is 16.2 Å². The molecule has 3 N–H and O–H groups in total. The molecule has 0 spiro atoms. The molecule has 0 bridgehead atoms. The summed E-state index contributed by atoms with van der Waals surface area (Å²) in [7, 11) is 0. The lowest BCUT2D eigenvalue weighted by Gasteiger charge is -2.09. The normalized spacial score (nSPS) is 9.91. The van der Waals surface area contributed by atoms with Crippen LogP contribution in [-0.2, 0) is 11.2 Å². The Kier molecular flexibility index (Phi) is 5.63. The first-order valence-electron chi connectivity index (χ1n) is 6.39. The Morgan fingerprint density at radius 1 is 0.909 bits per heavy atom.